The molecule has 0 bridgehead atoms. The van der Waals surface area contributed by atoms with Crippen molar-refractivity contribution in [1.82, 2.24) is 0 Å². The zero-order chi connectivity index (χ0) is 7.61. The average molecular weight is 226 g/mol. The van der Waals surface area contributed by atoms with E-state index in [2.05, 4.69) is 15.9 Å². The summed E-state index contributed by atoms with van der Waals surface area (Å²) in [5.74, 6) is 1.79. The fourth-order valence-corrected chi connectivity index (χ4v) is 2.96. The standard InChI is InChI=1S/C5H8BrNO2S/c6-5(7(8)9)1-3-10-4-2-5/h1-4H2. The van der Waals surface area contributed by atoms with Crippen molar-refractivity contribution in [3.8, 4) is 0 Å². The van der Waals surface area contributed by atoms with Crippen molar-refractivity contribution < 1.29 is 4.92 Å². The minimum atomic E-state index is -0.807. The molecule has 0 aliphatic carbocycles. The largest absolute Gasteiger partial charge is 0.276 e. The second-order valence-corrected chi connectivity index (χ2v) is 4.99. The van der Waals surface area contributed by atoms with E-state index in [1.54, 1.807) is 11.8 Å². The van der Waals surface area contributed by atoms with E-state index in [1.807, 2.05) is 0 Å². The summed E-state index contributed by atoms with van der Waals surface area (Å²) < 4.78 is -0.807. The SMILES string of the molecule is O=[N+]([O-])C1(Br)CCSCC1. The van der Waals surface area contributed by atoms with Crippen LogP contribution in [-0.4, -0.2) is 20.9 Å². The number of alkyl halides is 1. The Hall–Kier alpha value is 0.230. The average Bonchev–Trinajstić information content (AvgIpc) is 1.89. The van der Waals surface area contributed by atoms with Gasteiger partial charge in [0.25, 0.3) is 4.45 Å². The highest BCUT2D eigenvalue weighted by Crippen LogP contribution is 2.34. The van der Waals surface area contributed by atoms with Gasteiger partial charge in [-0.2, -0.15) is 11.8 Å². The summed E-state index contributed by atoms with van der Waals surface area (Å²) in [5, 5.41) is 10.4. The summed E-state index contributed by atoms with van der Waals surface area (Å²) in [6.07, 6.45) is 1.29. The maximum absolute atomic E-state index is 10.4. The molecule has 10 heavy (non-hydrogen) atoms. The van der Waals surface area contributed by atoms with E-state index in [4.69, 9.17) is 0 Å². The topological polar surface area (TPSA) is 43.1 Å². The second kappa shape index (κ2) is 3.09. The van der Waals surface area contributed by atoms with Crippen LogP contribution in [0.3, 0.4) is 0 Å². The number of hydrogen-bond donors (Lipinski definition) is 0. The van der Waals surface area contributed by atoms with Crippen molar-refractivity contribution in [3.05, 3.63) is 10.1 Å². The molecule has 0 atom stereocenters. The molecule has 0 radical (unpaired) electrons. The fraction of sp³-hybridized carbons (Fsp3) is 1.00. The maximum Gasteiger partial charge on any atom is 0.276 e. The van der Waals surface area contributed by atoms with Crippen molar-refractivity contribution in [2.75, 3.05) is 11.5 Å². The predicted molar refractivity (Wildman–Crippen MR) is 45.2 cm³/mol. The van der Waals surface area contributed by atoms with Crippen molar-refractivity contribution in [3.63, 3.8) is 0 Å². The summed E-state index contributed by atoms with van der Waals surface area (Å²) in [5.41, 5.74) is 0. The quantitative estimate of drug-likeness (QED) is 0.296. The molecule has 0 aromatic carbocycles. The van der Waals surface area contributed by atoms with Gasteiger partial charge in [-0.15, -0.1) is 0 Å². The predicted octanol–water partition coefficient (Wildman–Crippen LogP) is 1.88. The molecule has 0 saturated carbocycles. The smallest absolute Gasteiger partial charge is 0.263 e. The van der Waals surface area contributed by atoms with Crippen LogP contribution in [0.1, 0.15) is 12.8 Å². The highest BCUT2D eigenvalue weighted by molar-refractivity contribution is 9.10. The molecule has 0 unspecified atom stereocenters. The number of thioether (sulfide) groups is 1. The highest BCUT2D eigenvalue weighted by Gasteiger charge is 2.40. The molecule has 1 aliphatic heterocycles. The van der Waals surface area contributed by atoms with Gasteiger partial charge in [0.1, 0.15) is 0 Å². The first-order valence-electron chi connectivity index (χ1n) is 3.06. The molecular formula is C5H8BrNO2S. The third-order valence-corrected chi connectivity index (χ3v) is 3.65. The lowest BCUT2D eigenvalue weighted by Crippen LogP contribution is -2.35. The molecule has 0 aromatic rings. The molecule has 1 saturated heterocycles. The lowest BCUT2D eigenvalue weighted by molar-refractivity contribution is -0.536. The molecule has 1 fully saturated rings. The fourth-order valence-electron chi connectivity index (χ4n) is 0.867. The third-order valence-electron chi connectivity index (χ3n) is 1.59. The zero-order valence-corrected chi connectivity index (χ0v) is 7.78. The summed E-state index contributed by atoms with van der Waals surface area (Å²) >= 11 is 4.93. The van der Waals surface area contributed by atoms with Crippen molar-refractivity contribution in [2.24, 2.45) is 0 Å². The van der Waals surface area contributed by atoms with Gasteiger partial charge in [-0.1, -0.05) is 0 Å². The monoisotopic (exact) mass is 225 g/mol. The van der Waals surface area contributed by atoms with Gasteiger partial charge in [-0.25, -0.2) is 0 Å². The van der Waals surface area contributed by atoms with Gasteiger partial charge >= 0.3 is 0 Å². The number of nitrogens with zero attached hydrogens (tertiary/aromatic N) is 1. The summed E-state index contributed by atoms with van der Waals surface area (Å²) in [6, 6.07) is 0. The first kappa shape index (κ1) is 8.33. The Kier molecular flexibility index (Phi) is 2.57. The lowest BCUT2D eigenvalue weighted by atomic mass is 10.2. The zero-order valence-electron chi connectivity index (χ0n) is 5.38. The van der Waals surface area contributed by atoms with Crippen LogP contribution in [0.4, 0.5) is 0 Å². The van der Waals surface area contributed by atoms with E-state index in [9.17, 15) is 10.1 Å². The van der Waals surface area contributed by atoms with Crippen LogP contribution in [0, 0.1) is 10.1 Å². The molecule has 3 nitrogen and oxygen atoms in total. The normalized spacial score (nSPS) is 24.1. The molecule has 0 N–H and O–H groups in total. The second-order valence-electron chi connectivity index (χ2n) is 2.29. The Labute approximate surface area is 71.8 Å². The van der Waals surface area contributed by atoms with E-state index < -0.39 is 4.45 Å². The summed E-state index contributed by atoms with van der Waals surface area (Å²) in [4.78, 5) is 10.2. The van der Waals surface area contributed by atoms with E-state index in [0.29, 0.717) is 12.8 Å². The van der Waals surface area contributed by atoms with E-state index in [0.717, 1.165) is 11.5 Å². The Morgan fingerprint density at radius 1 is 1.50 bits per heavy atom. The Morgan fingerprint density at radius 2 is 2.00 bits per heavy atom. The van der Waals surface area contributed by atoms with Crippen LogP contribution in [0.2, 0.25) is 0 Å². The first-order chi connectivity index (χ1) is 4.65. The van der Waals surface area contributed by atoms with Crippen molar-refractivity contribution in [2.45, 2.75) is 17.3 Å². The van der Waals surface area contributed by atoms with E-state index in [-0.39, 0.29) is 4.92 Å². The first-order valence-corrected chi connectivity index (χ1v) is 5.01. The van der Waals surface area contributed by atoms with Crippen LogP contribution in [0.5, 0.6) is 0 Å². The van der Waals surface area contributed by atoms with Crippen LogP contribution in [0.25, 0.3) is 0 Å². The molecule has 1 rings (SSSR count). The number of hydrogen-bond acceptors (Lipinski definition) is 3. The van der Waals surface area contributed by atoms with Crippen molar-refractivity contribution in [1.29, 1.82) is 0 Å². The third kappa shape index (κ3) is 1.63. The van der Waals surface area contributed by atoms with Gasteiger partial charge in [0.05, 0.1) is 0 Å². The maximum atomic E-state index is 10.4. The van der Waals surface area contributed by atoms with Gasteiger partial charge in [-0.05, 0) is 0 Å². The molecule has 1 aliphatic rings. The van der Waals surface area contributed by atoms with Crippen LogP contribution in [-0.2, 0) is 0 Å². The number of halogens is 1. The van der Waals surface area contributed by atoms with Gasteiger partial charge in [0, 0.05) is 45.2 Å². The minimum Gasteiger partial charge on any atom is -0.263 e. The molecule has 1 heterocycles. The van der Waals surface area contributed by atoms with Gasteiger partial charge in [-0.3, -0.25) is 10.1 Å². The molecule has 5 heteroatoms. The lowest BCUT2D eigenvalue weighted by Gasteiger charge is -2.22. The number of nitro groups is 1. The summed E-state index contributed by atoms with van der Waals surface area (Å²) in [7, 11) is 0. The van der Waals surface area contributed by atoms with Crippen LogP contribution >= 0.6 is 27.7 Å². The van der Waals surface area contributed by atoms with Gasteiger partial charge in [0.15, 0.2) is 0 Å². The van der Waals surface area contributed by atoms with Crippen molar-refractivity contribution >= 4 is 27.7 Å². The number of rotatable bonds is 1. The highest BCUT2D eigenvalue weighted by atomic mass is 79.9. The summed E-state index contributed by atoms with van der Waals surface area (Å²) in [6.45, 7) is 0. The van der Waals surface area contributed by atoms with E-state index >= 15 is 0 Å². The Morgan fingerprint density at radius 3 is 2.30 bits per heavy atom. The molecule has 0 spiro atoms. The Bertz CT molecular complexity index is 147. The molecule has 58 valence electrons. The molecular weight excluding hydrogens is 218 g/mol. The van der Waals surface area contributed by atoms with Gasteiger partial charge < -0.3 is 0 Å². The minimum absolute atomic E-state index is 0.216. The Balaban J connectivity index is 2.56. The van der Waals surface area contributed by atoms with E-state index in [1.165, 1.54) is 0 Å². The van der Waals surface area contributed by atoms with Crippen LogP contribution < -0.4 is 0 Å². The van der Waals surface area contributed by atoms with Gasteiger partial charge in [0.2, 0.25) is 0 Å². The molecule has 0 amide bonds. The van der Waals surface area contributed by atoms with Crippen LogP contribution in [0.15, 0.2) is 0 Å². The molecule has 0 aromatic heterocycles.